The molecule has 0 radical (unpaired) electrons. The molecule has 0 fully saturated rings. The summed E-state index contributed by atoms with van der Waals surface area (Å²) in [7, 11) is 4.02. The predicted octanol–water partition coefficient (Wildman–Crippen LogP) is 2.53. The van der Waals surface area contributed by atoms with Crippen LogP contribution in [0, 0.1) is 0 Å². The van der Waals surface area contributed by atoms with Gasteiger partial charge in [-0.05, 0) is 6.92 Å². The smallest absolute Gasteiger partial charge is 0.185 e. The number of thiazole rings is 1. The summed E-state index contributed by atoms with van der Waals surface area (Å²) in [5.74, 6) is 0. The average molecular weight is 227 g/mol. The van der Waals surface area contributed by atoms with E-state index >= 15 is 0 Å². The largest absolute Gasteiger partial charge is 0.354 e. The van der Waals surface area contributed by atoms with Crippen LogP contribution >= 0.6 is 11.3 Å². The highest BCUT2D eigenvalue weighted by Crippen LogP contribution is 2.35. The number of hydrogen-bond donors (Lipinski definition) is 1. The van der Waals surface area contributed by atoms with E-state index in [0.717, 1.165) is 10.8 Å². The average Bonchev–Trinajstić information content (AvgIpc) is 2.45. The van der Waals surface area contributed by atoms with Gasteiger partial charge in [0.15, 0.2) is 5.13 Å². The van der Waals surface area contributed by atoms with Gasteiger partial charge in [0.2, 0.25) is 0 Å². The van der Waals surface area contributed by atoms with Gasteiger partial charge in [-0.2, -0.15) is 0 Å². The lowest BCUT2D eigenvalue weighted by atomic mass is 9.90. The van der Waals surface area contributed by atoms with Gasteiger partial charge in [-0.15, -0.1) is 11.3 Å². The zero-order valence-electron chi connectivity index (χ0n) is 10.5. The highest BCUT2D eigenvalue weighted by Gasteiger charge is 2.25. The Balaban J connectivity index is 3.24. The van der Waals surface area contributed by atoms with Crippen LogP contribution in [0.25, 0.3) is 0 Å². The van der Waals surface area contributed by atoms with Crippen LogP contribution in [0.3, 0.4) is 0 Å². The van der Waals surface area contributed by atoms with E-state index in [1.54, 1.807) is 11.3 Å². The van der Waals surface area contributed by atoms with Crippen molar-refractivity contribution in [2.24, 2.45) is 5.73 Å². The van der Waals surface area contributed by atoms with Crippen LogP contribution in [0.4, 0.5) is 5.13 Å². The molecule has 1 rings (SSSR count). The molecule has 1 heterocycles. The molecule has 0 aliphatic rings. The number of rotatable bonds is 2. The van der Waals surface area contributed by atoms with Crippen LogP contribution in [-0.2, 0) is 5.41 Å². The molecule has 0 aromatic carbocycles. The van der Waals surface area contributed by atoms with Gasteiger partial charge in [0, 0.05) is 30.4 Å². The van der Waals surface area contributed by atoms with Crippen molar-refractivity contribution in [3.63, 3.8) is 0 Å². The van der Waals surface area contributed by atoms with Gasteiger partial charge in [-0.3, -0.25) is 0 Å². The van der Waals surface area contributed by atoms with E-state index in [4.69, 9.17) is 5.73 Å². The fourth-order valence-corrected chi connectivity index (χ4v) is 2.51. The van der Waals surface area contributed by atoms with Crippen LogP contribution in [0.2, 0.25) is 0 Å². The first-order valence-corrected chi connectivity index (χ1v) is 5.99. The van der Waals surface area contributed by atoms with Crippen LogP contribution in [-0.4, -0.2) is 19.1 Å². The minimum Gasteiger partial charge on any atom is -0.354 e. The Hall–Kier alpha value is -0.610. The Labute approximate surface area is 96.3 Å². The summed E-state index contributed by atoms with van der Waals surface area (Å²) in [6.45, 7) is 8.54. The number of anilines is 1. The fraction of sp³-hybridized carbons (Fsp3) is 0.727. The lowest BCUT2D eigenvalue weighted by Gasteiger charge is -2.18. The van der Waals surface area contributed by atoms with Gasteiger partial charge in [-0.1, -0.05) is 20.8 Å². The van der Waals surface area contributed by atoms with E-state index in [9.17, 15) is 0 Å². The monoisotopic (exact) mass is 227 g/mol. The van der Waals surface area contributed by atoms with E-state index in [-0.39, 0.29) is 11.5 Å². The Morgan fingerprint density at radius 1 is 1.33 bits per heavy atom. The molecule has 0 saturated heterocycles. The molecule has 0 bridgehead atoms. The number of nitrogens with zero attached hydrogens (tertiary/aromatic N) is 2. The normalized spacial score (nSPS) is 14.1. The molecule has 0 amide bonds. The molecule has 1 unspecified atom stereocenters. The van der Waals surface area contributed by atoms with Crippen LogP contribution in [0.5, 0.6) is 0 Å². The van der Waals surface area contributed by atoms with E-state index in [1.807, 2.05) is 25.9 Å². The summed E-state index contributed by atoms with van der Waals surface area (Å²) >= 11 is 1.69. The standard InChI is InChI=1S/C11H21N3S/c1-7(12)8-9(11(2,3)4)13-10(15-8)14(5)6/h7H,12H2,1-6H3. The van der Waals surface area contributed by atoms with E-state index < -0.39 is 0 Å². The highest BCUT2D eigenvalue weighted by molar-refractivity contribution is 7.15. The molecule has 0 aliphatic carbocycles. The van der Waals surface area contributed by atoms with Crippen molar-refractivity contribution in [1.82, 2.24) is 4.98 Å². The molecular weight excluding hydrogens is 206 g/mol. The van der Waals surface area contributed by atoms with Crippen molar-refractivity contribution in [3.05, 3.63) is 10.6 Å². The molecule has 1 aromatic rings. The van der Waals surface area contributed by atoms with Gasteiger partial charge < -0.3 is 10.6 Å². The number of hydrogen-bond acceptors (Lipinski definition) is 4. The summed E-state index contributed by atoms with van der Waals surface area (Å²) in [6.07, 6.45) is 0. The molecule has 86 valence electrons. The van der Waals surface area contributed by atoms with Crippen LogP contribution < -0.4 is 10.6 Å². The summed E-state index contributed by atoms with van der Waals surface area (Å²) in [6, 6.07) is 0.0606. The van der Waals surface area contributed by atoms with Gasteiger partial charge >= 0.3 is 0 Å². The summed E-state index contributed by atoms with van der Waals surface area (Å²) < 4.78 is 0. The second kappa shape index (κ2) is 4.10. The van der Waals surface area contributed by atoms with Crippen LogP contribution in [0.1, 0.15) is 44.3 Å². The third-order valence-corrected chi connectivity index (χ3v) is 3.57. The van der Waals surface area contributed by atoms with E-state index in [1.165, 1.54) is 4.88 Å². The Kier molecular flexibility index (Phi) is 3.41. The maximum atomic E-state index is 5.98. The van der Waals surface area contributed by atoms with Crippen molar-refractivity contribution >= 4 is 16.5 Å². The summed E-state index contributed by atoms with van der Waals surface area (Å²) in [4.78, 5) is 7.90. The molecule has 4 heteroatoms. The Morgan fingerprint density at radius 2 is 1.87 bits per heavy atom. The first-order valence-electron chi connectivity index (χ1n) is 5.17. The number of aromatic nitrogens is 1. The maximum absolute atomic E-state index is 5.98. The molecule has 1 atom stereocenters. The minimum absolute atomic E-state index is 0.0606. The topological polar surface area (TPSA) is 42.1 Å². The molecule has 0 saturated carbocycles. The van der Waals surface area contributed by atoms with Crippen LogP contribution in [0.15, 0.2) is 0 Å². The van der Waals surface area contributed by atoms with Crippen molar-refractivity contribution in [1.29, 1.82) is 0 Å². The summed E-state index contributed by atoms with van der Waals surface area (Å²) in [5, 5.41) is 1.03. The zero-order chi connectivity index (χ0) is 11.8. The number of nitrogens with two attached hydrogens (primary N) is 1. The van der Waals surface area contributed by atoms with Crippen molar-refractivity contribution < 1.29 is 0 Å². The zero-order valence-corrected chi connectivity index (χ0v) is 11.3. The summed E-state index contributed by atoms with van der Waals surface area (Å²) in [5.41, 5.74) is 7.17. The Bertz CT molecular complexity index is 334. The van der Waals surface area contributed by atoms with Gasteiger partial charge in [0.05, 0.1) is 5.69 Å². The van der Waals surface area contributed by atoms with E-state index in [2.05, 4.69) is 25.8 Å². The third kappa shape index (κ3) is 2.69. The quantitative estimate of drug-likeness (QED) is 0.844. The molecule has 3 nitrogen and oxygen atoms in total. The molecule has 1 aromatic heterocycles. The maximum Gasteiger partial charge on any atom is 0.185 e. The molecular formula is C11H21N3S. The molecule has 0 spiro atoms. The van der Waals surface area contributed by atoms with Gasteiger partial charge in [-0.25, -0.2) is 4.98 Å². The first kappa shape index (κ1) is 12.5. The van der Waals surface area contributed by atoms with Crippen molar-refractivity contribution in [2.45, 2.75) is 39.2 Å². The molecule has 2 N–H and O–H groups in total. The highest BCUT2D eigenvalue weighted by atomic mass is 32.1. The van der Waals surface area contributed by atoms with Gasteiger partial charge in [0.1, 0.15) is 0 Å². The van der Waals surface area contributed by atoms with Crippen molar-refractivity contribution in [3.8, 4) is 0 Å². The predicted molar refractivity (Wildman–Crippen MR) is 67.7 cm³/mol. The van der Waals surface area contributed by atoms with Gasteiger partial charge in [0.25, 0.3) is 0 Å². The molecule has 15 heavy (non-hydrogen) atoms. The van der Waals surface area contributed by atoms with E-state index in [0.29, 0.717) is 0 Å². The molecule has 0 aliphatic heterocycles. The first-order chi connectivity index (χ1) is 6.73. The van der Waals surface area contributed by atoms with Crippen molar-refractivity contribution in [2.75, 3.05) is 19.0 Å². The Morgan fingerprint density at radius 3 is 2.13 bits per heavy atom. The minimum atomic E-state index is 0.0606. The lowest BCUT2D eigenvalue weighted by Crippen LogP contribution is -2.17. The SMILES string of the molecule is CC(N)c1sc(N(C)C)nc1C(C)(C)C. The second-order valence-corrected chi connectivity index (χ2v) is 6.15. The fourth-order valence-electron chi connectivity index (χ4n) is 1.36. The lowest BCUT2D eigenvalue weighted by molar-refractivity contribution is 0.560. The third-order valence-electron chi connectivity index (χ3n) is 2.15. The second-order valence-electron chi connectivity index (χ2n) is 5.14.